The Morgan fingerprint density at radius 2 is 1.69 bits per heavy atom. The molecule has 0 aliphatic carbocycles. The highest BCUT2D eigenvalue weighted by Crippen LogP contribution is 2.33. The molecule has 0 spiro atoms. The lowest BCUT2D eigenvalue weighted by molar-refractivity contribution is -0.318. The molecule has 2 aromatic rings. The van der Waals surface area contributed by atoms with Gasteiger partial charge in [0.15, 0.2) is 19.3 Å². The summed E-state index contributed by atoms with van der Waals surface area (Å²) in [5.41, 5.74) is 11.9. The molecule has 1 fully saturated rings. The third-order valence-corrected chi connectivity index (χ3v) is 4.68. The first-order chi connectivity index (χ1) is 12.5. The standard InChI is InChI=1S/C20H23N3O3/c1-14(22-23-21)26-18-10-8-17(9-11-18)20(2,3)16-6-4-15(5-7-16)12-19-24-13-25-19/h4-11,14,19H,12-13H2,1-3H3. The second-order valence-corrected chi connectivity index (χ2v) is 6.85. The van der Waals surface area contributed by atoms with Crippen LogP contribution in [0.15, 0.2) is 53.6 Å². The maximum atomic E-state index is 8.44. The van der Waals surface area contributed by atoms with Crippen LogP contribution in [0.2, 0.25) is 0 Å². The van der Waals surface area contributed by atoms with Gasteiger partial charge in [0.05, 0.1) is 0 Å². The van der Waals surface area contributed by atoms with E-state index in [9.17, 15) is 0 Å². The highest BCUT2D eigenvalue weighted by molar-refractivity contribution is 5.41. The molecular formula is C20H23N3O3. The lowest BCUT2D eigenvalue weighted by atomic mass is 9.78. The van der Waals surface area contributed by atoms with Crippen molar-refractivity contribution >= 4 is 0 Å². The monoisotopic (exact) mass is 353 g/mol. The van der Waals surface area contributed by atoms with Gasteiger partial charge in [0.25, 0.3) is 0 Å². The molecule has 0 N–H and O–H groups in total. The summed E-state index contributed by atoms with van der Waals surface area (Å²) in [4.78, 5) is 2.75. The minimum atomic E-state index is -0.532. The Morgan fingerprint density at radius 1 is 1.12 bits per heavy atom. The largest absolute Gasteiger partial charge is 0.485 e. The van der Waals surface area contributed by atoms with Crippen molar-refractivity contribution in [2.45, 2.75) is 45.1 Å². The summed E-state index contributed by atoms with van der Waals surface area (Å²) in [6.07, 6.45) is 0.139. The van der Waals surface area contributed by atoms with Gasteiger partial charge in [-0.25, -0.2) is 0 Å². The van der Waals surface area contributed by atoms with E-state index in [1.807, 2.05) is 24.3 Å². The van der Waals surface area contributed by atoms with Gasteiger partial charge >= 0.3 is 0 Å². The van der Waals surface area contributed by atoms with Gasteiger partial charge in [-0.05, 0) is 41.3 Å². The summed E-state index contributed by atoms with van der Waals surface area (Å²) in [5.74, 6) is 0.681. The third kappa shape index (κ3) is 4.17. The van der Waals surface area contributed by atoms with E-state index in [1.165, 1.54) is 16.7 Å². The summed E-state index contributed by atoms with van der Waals surface area (Å²) in [7, 11) is 0. The summed E-state index contributed by atoms with van der Waals surface area (Å²) < 4.78 is 16.1. The molecule has 1 heterocycles. The van der Waals surface area contributed by atoms with Crippen LogP contribution in [0, 0.1) is 0 Å². The topological polar surface area (TPSA) is 76.5 Å². The molecule has 0 aromatic heterocycles. The van der Waals surface area contributed by atoms with Crippen LogP contribution in [0.5, 0.6) is 5.75 Å². The van der Waals surface area contributed by atoms with E-state index >= 15 is 0 Å². The van der Waals surface area contributed by atoms with Gasteiger partial charge in [-0.3, -0.25) is 0 Å². The average molecular weight is 353 g/mol. The van der Waals surface area contributed by atoms with Gasteiger partial charge in [0.2, 0.25) is 0 Å². The maximum Gasteiger partial charge on any atom is 0.174 e. The van der Waals surface area contributed by atoms with Gasteiger partial charge in [0, 0.05) is 16.7 Å². The molecule has 6 nitrogen and oxygen atoms in total. The lowest BCUT2D eigenvalue weighted by Crippen LogP contribution is -2.32. The van der Waals surface area contributed by atoms with Crippen molar-refractivity contribution in [2.75, 3.05) is 6.79 Å². The van der Waals surface area contributed by atoms with Crippen LogP contribution in [0.1, 0.15) is 37.5 Å². The normalized spacial score (nSPS) is 15.7. The van der Waals surface area contributed by atoms with E-state index in [0.29, 0.717) is 12.5 Å². The van der Waals surface area contributed by atoms with Crippen LogP contribution in [-0.4, -0.2) is 19.3 Å². The van der Waals surface area contributed by atoms with E-state index < -0.39 is 6.23 Å². The van der Waals surface area contributed by atoms with Gasteiger partial charge in [-0.15, -0.1) is 0 Å². The van der Waals surface area contributed by atoms with E-state index in [2.05, 4.69) is 48.1 Å². The first-order valence-corrected chi connectivity index (χ1v) is 8.63. The fourth-order valence-corrected chi connectivity index (χ4v) is 2.94. The third-order valence-electron chi connectivity index (χ3n) is 4.68. The molecule has 1 aliphatic rings. The molecule has 0 amide bonds. The number of azide groups is 1. The molecule has 0 bridgehead atoms. The molecule has 1 unspecified atom stereocenters. The van der Waals surface area contributed by atoms with Gasteiger partial charge in [-0.1, -0.05) is 55.4 Å². The van der Waals surface area contributed by atoms with Crippen LogP contribution >= 0.6 is 0 Å². The Hall–Kier alpha value is -2.53. The SMILES string of the molecule is CC(N=[N+]=[N-])Oc1ccc(C(C)(C)c2ccc(CC3OCO3)cc2)cc1. The molecule has 1 atom stereocenters. The quantitative estimate of drug-likeness (QED) is 0.403. The molecule has 6 heteroatoms. The molecule has 0 radical (unpaired) electrons. The van der Waals surface area contributed by atoms with Crippen molar-refractivity contribution in [3.05, 3.63) is 75.7 Å². The summed E-state index contributed by atoms with van der Waals surface area (Å²) >= 11 is 0. The molecule has 1 saturated heterocycles. The van der Waals surface area contributed by atoms with Crippen LogP contribution in [0.3, 0.4) is 0 Å². The molecule has 26 heavy (non-hydrogen) atoms. The Labute approximate surface area is 153 Å². The van der Waals surface area contributed by atoms with E-state index in [1.54, 1.807) is 6.92 Å². The number of hydrogen-bond acceptors (Lipinski definition) is 4. The van der Waals surface area contributed by atoms with Gasteiger partial charge < -0.3 is 14.2 Å². The highest BCUT2D eigenvalue weighted by atomic mass is 16.8. The van der Waals surface area contributed by atoms with Crippen LogP contribution in [0.4, 0.5) is 0 Å². The predicted molar refractivity (Wildman–Crippen MR) is 98.8 cm³/mol. The fourth-order valence-electron chi connectivity index (χ4n) is 2.94. The second kappa shape index (κ2) is 7.79. The Balaban J connectivity index is 1.71. The smallest absolute Gasteiger partial charge is 0.174 e. The molecular weight excluding hydrogens is 330 g/mol. The number of ether oxygens (including phenoxy) is 3. The second-order valence-electron chi connectivity index (χ2n) is 6.85. The molecule has 2 aromatic carbocycles. The van der Waals surface area contributed by atoms with E-state index in [4.69, 9.17) is 19.7 Å². The number of rotatable bonds is 7. The van der Waals surface area contributed by atoms with Crippen LogP contribution in [0.25, 0.3) is 10.4 Å². The number of hydrogen-bond donors (Lipinski definition) is 0. The van der Waals surface area contributed by atoms with Crippen molar-refractivity contribution in [2.24, 2.45) is 5.11 Å². The summed E-state index contributed by atoms with van der Waals surface area (Å²) in [6.45, 7) is 6.49. The minimum absolute atomic E-state index is 0.103. The van der Waals surface area contributed by atoms with Crippen molar-refractivity contribution in [1.82, 2.24) is 0 Å². The van der Waals surface area contributed by atoms with Crippen molar-refractivity contribution in [3.8, 4) is 5.75 Å². The lowest BCUT2D eigenvalue weighted by Gasteiger charge is -2.28. The maximum absolute atomic E-state index is 8.44. The first kappa shape index (κ1) is 18.3. The fraction of sp³-hybridized carbons (Fsp3) is 0.400. The Kier molecular flexibility index (Phi) is 5.47. The molecule has 3 rings (SSSR count). The van der Waals surface area contributed by atoms with Crippen molar-refractivity contribution < 1.29 is 14.2 Å². The summed E-state index contributed by atoms with van der Waals surface area (Å²) in [6, 6.07) is 16.5. The highest BCUT2D eigenvalue weighted by Gasteiger charge is 2.24. The molecule has 1 aliphatic heterocycles. The van der Waals surface area contributed by atoms with E-state index in [0.717, 1.165) is 6.42 Å². The zero-order chi connectivity index (χ0) is 18.6. The average Bonchev–Trinajstić information content (AvgIpc) is 2.59. The van der Waals surface area contributed by atoms with Crippen molar-refractivity contribution in [3.63, 3.8) is 0 Å². The Morgan fingerprint density at radius 3 is 2.19 bits per heavy atom. The molecule has 136 valence electrons. The minimum Gasteiger partial charge on any atom is -0.485 e. The first-order valence-electron chi connectivity index (χ1n) is 8.63. The Bertz CT molecular complexity index is 777. The van der Waals surface area contributed by atoms with Crippen molar-refractivity contribution in [1.29, 1.82) is 0 Å². The van der Waals surface area contributed by atoms with Gasteiger partial charge in [-0.2, -0.15) is 0 Å². The molecule has 0 saturated carbocycles. The predicted octanol–water partition coefficient (Wildman–Crippen LogP) is 4.92. The zero-order valence-corrected chi connectivity index (χ0v) is 15.3. The number of nitrogens with zero attached hydrogens (tertiary/aromatic N) is 3. The zero-order valence-electron chi connectivity index (χ0n) is 15.3. The number of benzene rings is 2. The van der Waals surface area contributed by atoms with Gasteiger partial charge in [0.1, 0.15) is 5.75 Å². The van der Waals surface area contributed by atoms with E-state index in [-0.39, 0.29) is 11.7 Å². The van der Waals surface area contributed by atoms with Crippen LogP contribution < -0.4 is 4.74 Å². The van der Waals surface area contributed by atoms with Crippen LogP contribution in [-0.2, 0) is 21.3 Å². The summed E-state index contributed by atoms with van der Waals surface area (Å²) in [5, 5.41) is 3.52.